The van der Waals surface area contributed by atoms with Gasteiger partial charge in [-0.25, -0.2) is 4.98 Å². The van der Waals surface area contributed by atoms with E-state index in [0.717, 1.165) is 21.1 Å². The number of aromatic amines is 1. The third kappa shape index (κ3) is 1.80. The van der Waals surface area contributed by atoms with Crippen LogP contribution in [0.15, 0.2) is 47.1 Å². The summed E-state index contributed by atoms with van der Waals surface area (Å²) in [6.07, 6.45) is 1.82. The summed E-state index contributed by atoms with van der Waals surface area (Å²) < 4.78 is 1.06. The van der Waals surface area contributed by atoms with E-state index in [1.165, 1.54) is 5.39 Å². The van der Waals surface area contributed by atoms with Crippen LogP contribution in [0, 0.1) is 0 Å². The Bertz CT molecular complexity index is 688. The third-order valence-corrected chi connectivity index (χ3v) is 3.21. The van der Waals surface area contributed by atoms with Crippen molar-refractivity contribution in [3.05, 3.63) is 47.1 Å². The maximum Gasteiger partial charge on any atom is 0.198 e. The van der Waals surface area contributed by atoms with Crippen LogP contribution in [0.25, 0.3) is 22.0 Å². The average Bonchev–Trinajstić information content (AvgIpc) is 2.75. The summed E-state index contributed by atoms with van der Waals surface area (Å²) in [7, 11) is 0. The predicted molar refractivity (Wildman–Crippen MR) is 73.6 cm³/mol. The zero-order valence-electron chi connectivity index (χ0n) is 8.94. The molecule has 17 heavy (non-hydrogen) atoms. The van der Waals surface area contributed by atoms with E-state index in [-0.39, 0.29) is 0 Å². The lowest BCUT2D eigenvalue weighted by Gasteiger charge is -2.04. The molecule has 0 radical (unpaired) electrons. The Kier molecular flexibility index (Phi) is 2.37. The number of nitrogens with one attached hydrogen (secondary N) is 1. The summed E-state index contributed by atoms with van der Waals surface area (Å²) in [5, 5.41) is 2.35. The lowest BCUT2D eigenvalue weighted by Crippen LogP contribution is -1.86. The highest BCUT2D eigenvalue weighted by molar-refractivity contribution is 9.10. The molecule has 3 N–H and O–H groups in total. The van der Waals surface area contributed by atoms with Gasteiger partial charge in [-0.3, -0.25) is 0 Å². The number of H-pyrrole nitrogens is 1. The molecule has 2 aromatic carbocycles. The van der Waals surface area contributed by atoms with Crippen LogP contribution in [-0.2, 0) is 0 Å². The highest BCUT2D eigenvalue weighted by atomic mass is 79.9. The van der Waals surface area contributed by atoms with Crippen molar-refractivity contribution in [3.63, 3.8) is 0 Å². The lowest BCUT2D eigenvalue weighted by atomic mass is 10.0. The Hall–Kier alpha value is -1.81. The fourth-order valence-corrected chi connectivity index (χ4v) is 2.30. The minimum absolute atomic E-state index is 0.437. The molecule has 0 spiro atoms. The summed E-state index contributed by atoms with van der Waals surface area (Å²) in [6, 6.07) is 12.4. The molecule has 0 bridgehead atoms. The van der Waals surface area contributed by atoms with Gasteiger partial charge in [-0.2, -0.15) is 0 Å². The second kappa shape index (κ2) is 3.89. The van der Waals surface area contributed by atoms with Gasteiger partial charge in [-0.05, 0) is 22.9 Å². The number of rotatable bonds is 1. The van der Waals surface area contributed by atoms with Crippen molar-refractivity contribution in [2.24, 2.45) is 0 Å². The summed E-state index contributed by atoms with van der Waals surface area (Å²) in [5.41, 5.74) is 7.56. The van der Waals surface area contributed by atoms with E-state index in [2.05, 4.69) is 44.1 Å². The first-order valence-electron chi connectivity index (χ1n) is 5.23. The molecular formula is C13H10BrN3. The Labute approximate surface area is 107 Å². The second-order valence-corrected chi connectivity index (χ2v) is 4.76. The van der Waals surface area contributed by atoms with Crippen LogP contribution in [0.3, 0.4) is 0 Å². The van der Waals surface area contributed by atoms with Crippen LogP contribution in [-0.4, -0.2) is 9.97 Å². The van der Waals surface area contributed by atoms with Gasteiger partial charge in [0.2, 0.25) is 0 Å². The molecule has 0 aliphatic heterocycles. The number of benzene rings is 2. The quantitative estimate of drug-likeness (QED) is 0.719. The van der Waals surface area contributed by atoms with Crippen LogP contribution in [0.1, 0.15) is 0 Å². The number of nitrogens with zero attached hydrogens (tertiary/aromatic N) is 1. The van der Waals surface area contributed by atoms with Gasteiger partial charge in [0.25, 0.3) is 0 Å². The minimum Gasteiger partial charge on any atom is -0.369 e. The van der Waals surface area contributed by atoms with E-state index in [0.29, 0.717) is 5.95 Å². The Morgan fingerprint density at radius 2 is 2.06 bits per heavy atom. The third-order valence-electron chi connectivity index (χ3n) is 2.72. The highest BCUT2D eigenvalue weighted by Gasteiger charge is 2.06. The number of hydrogen-bond acceptors (Lipinski definition) is 2. The van der Waals surface area contributed by atoms with Crippen molar-refractivity contribution in [2.45, 2.75) is 0 Å². The molecule has 0 aliphatic rings. The number of nitrogens with two attached hydrogens (primary N) is 1. The molecule has 0 saturated carbocycles. The van der Waals surface area contributed by atoms with Crippen LogP contribution in [0.2, 0.25) is 0 Å². The Morgan fingerprint density at radius 3 is 2.82 bits per heavy atom. The largest absolute Gasteiger partial charge is 0.369 e. The first-order chi connectivity index (χ1) is 8.24. The van der Waals surface area contributed by atoms with E-state index < -0.39 is 0 Å². The van der Waals surface area contributed by atoms with Crippen molar-refractivity contribution >= 4 is 32.7 Å². The Morgan fingerprint density at radius 1 is 1.18 bits per heavy atom. The van der Waals surface area contributed by atoms with Gasteiger partial charge in [-0.1, -0.05) is 40.2 Å². The van der Waals surface area contributed by atoms with Gasteiger partial charge in [0, 0.05) is 16.2 Å². The molecule has 0 saturated heterocycles. The normalized spacial score (nSPS) is 10.9. The summed E-state index contributed by atoms with van der Waals surface area (Å²) in [4.78, 5) is 7.17. The Balaban J connectivity index is 2.32. The van der Waals surface area contributed by atoms with E-state index in [1.807, 2.05) is 24.4 Å². The molecule has 4 heteroatoms. The lowest BCUT2D eigenvalue weighted by molar-refractivity contribution is 1.33. The van der Waals surface area contributed by atoms with Crippen molar-refractivity contribution < 1.29 is 0 Å². The van der Waals surface area contributed by atoms with Crippen molar-refractivity contribution in [1.29, 1.82) is 0 Å². The number of halogens is 1. The van der Waals surface area contributed by atoms with E-state index in [1.54, 1.807) is 0 Å². The van der Waals surface area contributed by atoms with Crippen molar-refractivity contribution in [1.82, 2.24) is 9.97 Å². The molecule has 0 atom stereocenters. The van der Waals surface area contributed by atoms with Crippen LogP contribution in [0.4, 0.5) is 5.95 Å². The van der Waals surface area contributed by atoms with E-state index in [9.17, 15) is 0 Å². The molecule has 3 rings (SSSR count). The summed E-state index contributed by atoms with van der Waals surface area (Å²) in [5.74, 6) is 0.437. The van der Waals surface area contributed by atoms with Crippen LogP contribution in [0.5, 0.6) is 0 Å². The average molecular weight is 288 g/mol. The summed E-state index contributed by atoms with van der Waals surface area (Å²) in [6.45, 7) is 0. The molecule has 1 aromatic heterocycles. The monoisotopic (exact) mass is 287 g/mol. The maximum atomic E-state index is 5.61. The van der Waals surface area contributed by atoms with Gasteiger partial charge in [-0.15, -0.1) is 0 Å². The molecular weight excluding hydrogens is 278 g/mol. The number of imidazole rings is 1. The van der Waals surface area contributed by atoms with Gasteiger partial charge < -0.3 is 10.7 Å². The molecule has 1 heterocycles. The SMILES string of the molecule is Nc1nc(-c2cccc3ccc(Br)cc23)c[nH]1. The fraction of sp³-hybridized carbons (Fsp3) is 0. The number of hydrogen-bond donors (Lipinski definition) is 2. The topological polar surface area (TPSA) is 54.7 Å². The molecule has 3 aromatic rings. The van der Waals surface area contributed by atoms with Crippen molar-refractivity contribution in [3.8, 4) is 11.3 Å². The summed E-state index contributed by atoms with van der Waals surface area (Å²) >= 11 is 3.49. The first kappa shape index (κ1) is 10.4. The number of anilines is 1. The first-order valence-corrected chi connectivity index (χ1v) is 6.03. The molecule has 3 nitrogen and oxygen atoms in total. The zero-order chi connectivity index (χ0) is 11.8. The van der Waals surface area contributed by atoms with Gasteiger partial charge in [0.15, 0.2) is 5.95 Å². The van der Waals surface area contributed by atoms with Gasteiger partial charge in [0.05, 0.1) is 5.69 Å². The van der Waals surface area contributed by atoms with Crippen molar-refractivity contribution in [2.75, 3.05) is 5.73 Å². The number of aromatic nitrogens is 2. The molecule has 0 unspecified atom stereocenters. The molecule has 0 amide bonds. The molecule has 0 fully saturated rings. The predicted octanol–water partition coefficient (Wildman–Crippen LogP) is 3.57. The van der Waals surface area contributed by atoms with Crippen LogP contribution < -0.4 is 5.73 Å². The van der Waals surface area contributed by atoms with Crippen LogP contribution >= 0.6 is 15.9 Å². The van der Waals surface area contributed by atoms with E-state index in [4.69, 9.17) is 5.73 Å². The zero-order valence-corrected chi connectivity index (χ0v) is 10.5. The standard InChI is InChI=1S/C13H10BrN3/c14-9-5-4-8-2-1-3-10(11(8)6-9)12-7-16-13(15)17-12/h1-7H,(H3,15,16,17). The smallest absolute Gasteiger partial charge is 0.198 e. The molecule has 0 aliphatic carbocycles. The fourth-order valence-electron chi connectivity index (χ4n) is 1.94. The molecule has 84 valence electrons. The second-order valence-electron chi connectivity index (χ2n) is 3.84. The number of fused-ring (bicyclic) bond motifs is 1. The van der Waals surface area contributed by atoms with Gasteiger partial charge in [0.1, 0.15) is 0 Å². The highest BCUT2D eigenvalue weighted by Crippen LogP contribution is 2.29. The number of nitrogen functional groups attached to an aromatic ring is 1. The maximum absolute atomic E-state index is 5.61. The minimum atomic E-state index is 0.437. The van der Waals surface area contributed by atoms with Gasteiger partial charge >= 0.3 is 0 Å². The van der Waals surface area contributed by atoms with E-state index >= 15 is 0 Å².